The smallest absolute Gasteiger partial charge is 0.358 e. The number of aryl methyl sites for hydroxylation is 2. The zero-order chi connectivity index (χ0) is 17.4. The zero-order valence-corrected chi connectivity index (χ0v) is 14.8. The lowest BCUT2D eigenvalue weighted by Crippen LogP contribution is -2.16. The van der Waals surface area contributed by atoms with Crippen LogP contribution in [-0.4, -0.2) is 28.8 Å². The van der Waals surface area contributed by atoms with Crippen molar-refractivity contribution in [2.45, 2.75) is 6.92 Å². The average Bonchev–Trinajstić information content (AvgIpc) is 3.07. The third kappa shape index (κ3) is 2.80. The number of carbonyl (C=O) groups excluding carboxylic acids is 2. The molecule has 124 valence electrons. The molecule has 0 saturated heterocycles. The topological polar surface area (TPSA) is 86.4 Å². The van der Waals surface area contributed by atoms with Crippen LogP contribution in [0.4, 0.5) is 5.69 Å². The Balaban J connectivity index is 1.95. The SMILES string of the molecule is COC(=O)c1c(NC(=O)c2cc3cc(Br)ccc3o2)c(C)nn1C. The summed E-state index contributed by atoms with van der Waals surface area (Å²) in [6, 6.07) is 7.09. The minimum atomic E-state index is -0.582. The lowest BCUT2D eigenvalue weighted by atomic mass is 10.2. The fourth-order valence-electron chi connectivity index (χ4n) is 2.44. The highest BCUT2D eigenvalue weighted by atomic mass is 79.9. The Hall–Kier alpha value is -2.61. The van der Waals surface area contributed by atoms with Gasteiger partial charge >= 0.3 is 5.97 Å². The predicted octanol–water partition coefficient (Wildman–Crippen LogP) is 3.28. The second-order valence-corrected chi connectivity index (χ2v) is 6.09. The lowest BCUT2D eigenvalue weighted by molar-refractivity contribution is 0.0589. The summed E-state index contributed by atoms with van der Waals surface area (Å²) in [6.45, 7) is 1.69. The van der Waals surface area contributed by atoms with Crippen LogP contribution in [0.15, 0.2) is 33.2 Å². The van der Waals surface area contributed by atoms with Gasteiger partial charge in [-0.15, -0.1) is 0 Å². The maximum atomic E-state index is 12.5. The minimum absolute atomic E-state index is 0.141. The van der Waals surface area contributed by atoms with Gasteiger partial charge in [0.25, 0.3) is 5.91 Å². The number of hydrogen-bond donors (Lipinski definition) is 1. The number of ether oxygens (including phenoxy) is 1. The van der Waals surface area contributed by atoms with Crippen LogP contribution in [0.5, 0.6) is 0 Å². The number of benzene rings is 1. The van der Waals surface area contributed by atoms with Gasteiger partial charge in [-0.3, -0.25) is 9.48 Å². The number of esters is 1. The number of carbonyl (C=O) groups is 2. The molecule has 0 bridgehead atoms. The van der Waals surface area contributed by atoms with E-state index in [1.54, 1.807) is 26.1 Å². The van der Waals surface area contributed by atoms with Crippen LogP contribution in [0.1, 0.15) is 26.7 Å². The van der Waals surface area contributed by atoms with Crippen molar-refractivity contribution in [3.63, 3.8) is 0 Å². The van der Waals surface area contributed by atoms with Gasteiger partial charge in [0.05, 0.1) is 18.5 Å². The molecule has 0 atom stereocenters. The van der Waals surface area contributed by atoms with Crippen molar-refractivity contribution < 1.29 is 18.7 Å². The first kappa shape index (κ1) is 16.3. The highest BCUT2D eigenvalue weighted by Gasteiger charge is 2.24. The highest BCUT2D eigenvalue weighted by Crippen LogP contribution is 2.25. The molecule has 0 spiro atoms. The Morgan fingerprint density at radius 2 is 2.08 bits per heavy atom. The van der Waals surface area contributed by atoms with Crippen molar-refractivity contribution in [2.24, 2.45) is 7.05 Å². The molecule has 1 aromatic carbocycles. The van der Waals surface area contributed by atoms with E-state index < -0.39 is 11.9 Å². The summed E-state index contributed by atoms with van der Waals surface area (Å²) in [5.74, 6) is -0.910. The summed E-state index contributed by atoms with van der Waals surface area (Å²) in [4.78, 5) is 24.4. The van der Waals surface area contributed by atoms with Gasteiger partial charge in [0.1, 0.15) is 5.58 Å². The van der Waals surface area contributed by atoms with E-state index in [9.17, 15) is 9.59 Å². The van der Waals surface area contributed by atoms with Gasteiger partial charge in [-0.25, -0.2) is 4.79 Å². The molecule has 8 heteroatoms. The normalized spacial score (nSPS) is 10.8. The number of fused-ring (bicyclic) bond motifs is 1. The van der Waals surface area contributed by atoms with Gasteiger partial charge in [0.15, 0.2) is 11.5 Å². The number of methoxy groups -OCH3 is 1. The van der Waals surface area contributed by atoms with Gasteiger partial charge in [0.2, 0.25) is 0 Å². The van der Waals surface area contributed by atoms with E-state index in [1.807, 2.05) is 12.1 Å². The molecular formula is C16H14BrN3O4. The van der Waals surface area contributed by atoms with Gasteiger partial charge in [0, 0.05) is 16.9 Å². The van der Waals surface area contributed by atoms with Crippen LogP contribution < -0.4 is 5.32 Å². The summed E-state index contributed by atoms with van der Waals surface area (Å²) in [5, 5.41) is 7.62. The molecular weight excluding hydrogens is 378 g/mol. The predicted molar refractivity (Wildman–Crippen MR) is 91.2 cm³/mol. The van der Waals surface area contributed by atoms with Crippen molar-refractivity contribution >= 4 is 44.5 Å². The third-order valence-electron chi connectivity index (χ3n) is 3.54. The number of amides is 1. The van der Waals surface area contributed by atoms with Crippen LogP contribution in [-0.2, 0) is 11.8 Å². The summed E-state index contributed by atoms with van der Waals surface area (Å²) in [5.41, 5.74) is 1.57. The summed E-state index contributed by atoms with van der Waals surface area (Å²) in [7, 11) is 2.88. The maximum Gasteiger partial charge on any atom is 0.358 e. The fraction of sp³-hybridized carbons (Fsp3) is 0.188. The molecule has 24 heavy (non-hydrogen) atoms. The average molecular weight is 392 g/mol. The van der Waals surface area contributed by atoms with Crippen LogP contribution in [0.2, 0.25) is 0 Å². The standard InChI is InChI=1S/C16H14BrN3O4/c1-8-13(14(16(22)23-3)20(2)19-8)18-15(21)12-7-9-6-10(17)4-5-11(9)24-12/h4-7H,1-3H3,(H,18,21). The van der Waals surface area contributed by atoms with Gasteiger partial charge < -0.3 is 14.5 Å². The number of rotatable bonds is 3. The first-order chi connectivity index (χ1) is 11.4. The quantitative estimate of drug-likeness (QED) is 0.692. The van der Waals surface area contributed by atoms with Gasteiger partial charge in [-0.05, 0) is 31.2 Å². The number of nitrogens with zero attached hydrogens (tertiary/aromatic N) is 2. The van der Waals surface area contributed by atoms with Gasteiger partial charge in [-0.2, -0.15) is 5.10 Å². The van der Waals surface area contributed by atoms with E-state index in [-0.39, 0.29) is 11.5 Å². The van der Waals surface area contributed by atoms with Gasteiger partial charge in [-0.1, -0.05) is 15.9 Å². The second-order valence-electron chi connectivity index (χ2n) is 5.17. The molecule has 0 aliphatic rings. The molecule has 3 rings (SSSR count). The van der Waals surface area contributed by atoms with Crippen LogP contribution in [0, 0.1) is 6.92 Å². The number of halogens is 1. The molecule has 0 radical (unpaired) electrons. The highest BCUT2D eigenvalue weighted by molar-refractivity contribution is 9.10. The fourth-order valence-corrected chi connectivity index (χ4v) is 2.82. The Morgan fingerprint density at radius 3 is 2.79 bits per heavy atom. The lowest BCUT2D eigenvalue weighted by Gasteiger charge is -2.05. The number of furan rings is 1. The zero-order valence-electron chi connectivity index (χ0n) is 13.2. The monoisotopic (exact) mass is 391 g/mol. The number of nitrogens with one attached hydrogen (secondary N) is 1. The first-order valence-electron chi connectivity index (χ1n) is 7.03. The van der Waals surface area contributed by atoms with E-state index in [2.05, 4.69) is 26.3 Å². The molecule has 2 aromatic heterocycles. The largest absolute Gasteiger partial charge is 0.464 e. The van der Waals surface area contributed by atoms with E-state index in [4.69, 9.17) is 9.15 Å². The first-order valence-corrected chi connectivity index (χ1v) is 7.82. The molecule has 0 saturated carbocycles. The van der Waals surface area contributed by atoms with Crippen molar-refractivity contribution in [2.75, 3.05) is 12.4 Å². The molecule has 0 aliphatic heterocycles. The van der Waals surface area contributed by atoms with Crippen molar-refractivity contribution in [1.82, 2.24) is 9.78 Å². The van der Waals surface area contributed by atoms with Crippen LogP contribution >= 0.6 is 15.9 Å². The molecule has 1 amide bonds. The third-order valence-corrected chi connectivity index (χ3v) is 4.03. The number of anilines is 1. The number of hydrogen-bond acceptors (Lipinski definition) is 5. The Kier molecular flexibility index (Phi) is 4.15. The van der Waals surface area contributed by atoms with E-state index in [1.165, 1.54) is 11.8 Å². The molecule has 3 aromatic rings. The molecule has 0 fully saturated rings. The van der Waals surface area contributed by atoms with Crippen molar-refractivity contribution in [3.8, 4) is 0 Å². The Labute approximate surface area is 145 Å². The summed E-state index contributed by atoms with van der Waals surface area (Å²) in [6.07, 6.45) is 0. The van der Waals surface area contributed by atoms with Crippen molar-refractivity contribution in [3.05, 3.63) is 45.9 Å². The van der Waals surface area contributed by atoms with Crippen LogP contribution in [0.25, 0.3) is 11.0 Å². The number of aromatic nitrogens is 2. The molecule has 0 unspecified atom stereocenters. The molecule has 2 heterocycles. The molecule has 0 aliphatic carbocycles. The van der Waals surface area contributed by atoms with E-state index >= 15 is 0 Å². The maximum absolute atomic E-state index is 12.5. The van der Waals surface area contributed by atoms with E-state index in [0.29, 0.717) is 17.0 Å². The Morgan fingerprint density at radius 1 is 1.33 bits per heavy atom. The molecule has 7 nitrogen and oxygen atoms in total. The molecule has 1 N–H and O–H groups in total. The Bertz CT molecular complexity index is 958. The minimum Gasteiger partial charge on any atom is -0.464 e. The second kappa shape index (κ2) is 6.12. The van der Waals surface area contributed by atoms with E-state index in [0.717, 1.165) is 9.86 Å². The summed E-state index contributed by atoms with van der Waals surface area (Å²) < 4.78 is 12.5. The van der Waals surface area contributed by atoms with Crippen molar-refractivity contribution in [1.29, 1.82) is 0 Å². The van der Waals surface area contributed by atoms with Crippen LogP contribution in [0.3, 0.4) is 0 Å². The summed E-state index contributed by atoms with van der Waals surface area (Å²) >= 11 is 3.37.